The first kappa shape index (κ1) is 17.6. The van der Waals surface area contributed by atoms with Gasteiger partial charge in [-0.1, -0.05) is 23.9 Å². The summed E-state index contributed by atoms with van der Waals surface area (Å²) >= 11 is 1.14. The van der Waals surface area contributed by atoms with Crippen LogP contribution in [0, 0.1) is 5.82 Å². The van der Waals surface area contributed by atoms with Crippen LogP contribution in [0.1, 0.15) is 10.4 Å². The predicted molar refractivity (Wildman–Crippen MR) is 96.5 cm³/mol. The Labute approximate surface area is 152 Å². The lowest BCUT2D eigenvalue weighted by atomic mass is 10.1. The van der Waals surface area contributed by atoms with E-state index in [0.717, 1.165) is 11.8 Å². The summed E-state index contributed by atoms with van der Waals surface area (Å²) in [6.45, 7) is 0. The second kappa shape index (κ2) is 7.79. The van der Waals surface area contributed by atoms with Gasteiger partial charge in [0, 0.05) is 11.3 Å². The van der Waals surface area contributed by atoms with Crippen molar-refractivity contribution in [3.8, 4) is 11.4 Å². The maximum atomic E-state index is 13.7. The van der Waals surface area contributed by atoms with Crippen molar-refractivity contribution in [2.24, 2.45) is 5.73 Å². The van der Waals surface area contributed by atoms with Crippen molar-refractivity contribution in [2.75, 3.05) is 11.1 Å². The molecule has 0 atom stereocenters. The number of benzene rings is 2. The van der Waals surface area contributed by atoms with Gasteiger partial charge >= 0.3 is 6.03 Å². The number of amides is 2. The zero-order valence-corrected chi connectivity index (χ0v) is 14.2. The van der Waals surface area contributed by atoms with E-state index in [1.807, 2.05) is 0 Å². The summed E-state index contributed by atoms with van der Waals surface area (Å²) in [5.74, 6) is -0.101. The molecule has 0 radical (unpaired) electrons. The van der Waals surface area contributed by atoms with E-state index in [4.69, 9.17) is 5.73 Å². The van der Waals surface area contributed by atoms with Crippen molar-refractivity contribution >= 4 is 29.3 Å². The minimum atomic E-state index is -0.671. The molecule has 9 heteroatoms. The number of aromatic amines is 1. The van der Waals surface area contributed by atoms with Crippen molar-refractivity contribution in [2.45, 2.75) is 5.16 Å². The molecule has 26 heavy (non-hydrogen) atoms. The molecule has 0 unspecified atom stereocenters. The van der Waals surface area contributed by atoms with Crippen LogP contribution in [0.25, 0.3) is 11.4 Å². The number of thioether (sulfide) groups is 1. The first-order chi connectivity index (χ1) is 12.5. The third-order valence-corrected chi connectivity index (χ3v) is 4.25. The van der Waals surface area contributed by atoms with Crippen LogP contribution >= 0.6 is 11.8 Å². The average molecular weight is 371 g/mol. The van der Waals surface area contributed by atoms with Gasteiger partial charge in [-0.05, 0) is 36.4 Å². The molecule has 3 rings (SSSR count). The van der Waals surface area contributed by atoms with Gasteiger partial charge in [0.05, 0.1) is 11.3 Å². The van der Waals surface area contributed by atoms with E-state index in [1.54, 1.807) is 42.5 Å². The molecule has 1 heterocycles. The monoisotopic (exact) mass is 371 g/mol. The number of hydrogen-bond donors (Lipinski definition) is 3. The van der Waals surface area contributed by atoms with E-state index in [-0.39, 0.29) is 11.5 Å². The Bertz CT molecular complexity index is 942. The molecule has 0 saturated heterocycles. The highest BCUT2D eigenvalue weighted by atomic mass is 32.2. The molecule has 1 aromatic heterocycles. The lowest BCUT2D eigenvalue weighted by Gasteiger charge is -2.03. The van der Waals surface area contributed by atoms with Gasteiger partial charge in [0.25, 0.3) is 0 Å². The van der Waals surface area contributed by atoms with E-state index in [9.17, 15) is 14.0 Å². The maximum Gasteiger partial charge on any atom is 0.316 e. The third kappa shape index (κ3) is 4.25. The van der Waals surface area contributed by atoms with E-state index in [0.29, 0.717) is 27.8 Å². The average Bonchev–Trinajstić information content (AvgIpc) is 3.09. The summed E-state index contributed by atoms with van der Waals surface area (Å²) in [6, 6.07) is 11.9. The molecule has 0 aliphatic heterocycles. The van der Waals surface area contributed by atoms with Crippen LogP contribution in [-0.4, -0.2) is 32.7 Å². The molecule has 2 aromatic carbocycles. The van der Waals surface area contributed by atoms with Gasteiger partial charge in [0.2, 0.25) is 5.16 Å². The number of hydrogen-bond acceptors (Lipinski definition) is 5. The van der Waals surface area contributed by atoms with Gasteiger partial charge in [-0.25, -0.2) is 14.2 Å². The molecule has 4 N–H and O–H groups in total. The van der Waals surface area contributed by atoms with Crippen molar-refractivity contribution in [1.29, 1.82) is 0 Å². The Morgan fingerprint density at radius 3 is 2.58 bits per heavy atom. The summed E-state index contributed by atoms with van der Waals surface area (Å²) < 4.78 is 13.7. The van der Waals surface area contributed by atoms with Crippen molar-refractivity contribution < 1.29 is 14.0 Å². The Morgan fingerprint density at radius 2 is 1.88 bits per heavy atom. The largest absolute Gasteiger partial charge is 0.351 e. The van der Waals surface area contributed by atoms with Crippen LogP contribution in [0.5, 0.6) is 0 Å². The maximum absolute atomic E-state index is 13.7. The highest BCUT2D eigenvalue weighted by Gasteiger charge is 2.12. The Hall–Kier alpha value is -3.20. The molecule has 0 fully saturated rings. The summed E-state index contributed by atoms with van der Waals surface area (Å²) in [7, 11) is 0. The number of anilines is 1. The van der Waals surface area contributed by atoms with Crippen LogP contribution in [0.3, 0.4) is 0 Å². The van der Waals surface area contributed by atoms with Gasteiger partial charge in [0.15, 0.2) is 11.6 Å². The number of primary amides is 1. The van der Waals surface area contributed by atoms with Crippen LogP contribution in [0.2, 0.25) is 0 Å². The van der Waals surface area contributed by atoms with Gasteiger partial charge in [-0.2, -0.15) is 0 Å². The van der Waals surface area contributed by atoms with E-state index in [1.165, 1.54) is 6.07 Å². The minimum absolute atomic E-state index is 0.122. The number of carbonyl (C=O) groups excluding carboxylic acids is 2. The quantitative estimate of drug-likeness (QED) is 0.455. The number of aromatic nitrogens is 3. The molecule has 2 amide bonds. The number of ketones is 1. The van der Waals surface area contributed by atoms with Gasteiger partial charge in [-0.15, -0.1) is 5.10 Å². The van der Waals surface area contributed by atoms with Gasteiger partial charge in [-0.3, -0.25) is 9.89 Å². The number of urea groups is 1. The fraction of sp³-hybridized carbons (Fsp3) is 0.0588. The summed E-state index contributed by atoms with van der Waals surface area (Å²) in [5.41, 5.74) is 6.33. The van der Waals surface area contributed by atoms with Crippen LogP contribution < -0.4 is 11.1 Å². The molecule has 0 aliphatic carbocycles. The zero-order valence-electron chi connectivity index (χ0n) is 13.4. The predicted octanol–water partition coefficient (Wildman–Crippen LogP) is 3.08. The third-order valence-electron chi connectivity index (χ3n) is 3.40. The topological polar surface area (TPSA) is 114 Å². The number of nitrogens with one attached hydrogen (secondary N) is 2. The van der Waals surface area contributed by atoms with Crippen LogP contribution in [-0.2, 0) is 0 Å². The summed E-state index contributed by atoms with van der Waals surface area (Å²) in [5, 5.41) is 9.43. The molecule has 7 nitrogen and oxygen atoms in total. The Balaban J connectivity index is 1.61. The number of Topliss-reactive ketones (excluding diaryl/α,β-unsaturated/α-hetero) is 1. The molecular formula is C17H14FN5O2S. The molecular weight excluding hydrogens is 357 g/mol. The van der Waals surface area contributed by atoms with E-state index in [2.05, 4.69) is 20.5 Å². The fourth-order valence-corrected chi connectivity index (χ4v) is 2.87. The number of H-pyrrole nitrogens is 1. The molecule has 0 bridgehead atoms. The number of rotatable bonds is 6. The second-order valence-electron chi connectivity index (χ2n) is 5.22. The number of nitrogens with zero attached hydrogens (tertiary/aromatic N) is 2. The number of carbonyl (C=O) groups is 2. The number of halogens is 1. The standard InChI is InChI=1S/C17H14FN5O2S/c18-13-4-2-1-3-12(13)15-21-17(23-22-15)26-9-14(24)10-5-7-11(8-6-10)20-16(19)25/h1-8H,9H2,(H3,19,20,25)(H,21,22,23). The normalized spacial score (nSPS) is 10.5. The lowest BCUT2D eigenvalue weighted by Crippen LogP contribution is -2.19. The van der Waals surface area contributed by atoms with E-state index < -0.39 is 11.8 Å². The minimum Gasteiger partial charge on any atom is -0.351 e. The fourth-order valence-electron chi connectivity index (χ4n) is 2.18. The van der Waals surface area contributed by atoms with Crippen molar-refractivity contribution in [3.05, 3.63) is 59.9 Å². The summed E-state index contributed by atoms with van der Waals surface area (Å²) in [6.07, 6.45) is 0. The molecule has 0 aliphatic rings. The van der Waals surface area contributed by atoms with Crippen LogP contribution in [0.15, 0.2) is 53.7 Å². The van der Waals surface area contributed by atoms with Crippen molar-refractivity contribution in [3.63, 3.8) is 0 Å². The first-order valence-corrected chi connectivity index (χ1v) is 8.51. The number of nitrogens with two attached hydrogens (primary N) is 1. The smallest absolute Gasteiger partial charge is 0.316 e. The van der Waals surface area contributed by atoms with E-state index >= 15 is 0 Å². The Morgan fingerprint density at radius 1 is 1.15 bits per heavy atom. The van der Waals surface area contributed by atoms with Crippen LogP contribution in [0.4, 0.5) is 14.9 Å². The zero-order chi connectivity index (χ0) is 18.5. The van der Waals surface area contributed by atoms with Gasteiger partial charge in [0.1, 0.15) is 5.82 Å². The lowest BCUT2D eigenvalue weighted by molar-refractivity contribution is 0.102. The molecule has 0 saturated carbocycles. The van der Waals surface area contributed by atoms with Crippen molar-refractivity contribution in [1.82, 2.24) is 15.2 Å². The Kier molecular flexibility index (Phi) is 5.28. The highest BCUT2D eigenvalue weighted by Crippen LogP contribution is 2.22. The summed E-state index contributed by atoms with van der Waals surface area (Å²) in [4.78, 5) is 27.2. The molecule has 132 valence electrons. The second-order valence-corrected chi connectivity index (χ2v) is 6.17. The molecule has 0 spiro atoms. The highest BCUT2D eigenvalue weighted by molar-refractivity contribution is 7.99. The van der Waals surface area contributed by atoms with Gasteiger partial charge < -0.3 is 11.1 Å². The first-order valence-electron chi connectivity index (χ1n) is 7.53. The molecule has 3 aromatic rings. The SMILES string of the molecule is NC(=O)Nc1ccc(C(=O)CSc2n[nH]c(-c3ccccc3F)n2)cc1.